The van der Waals surface area contributed by atoms with Gasteiger partial charge in [0.05, 0.1) is 11.5 Å². The Hall–Kier alpha value is -0.870. The summed E-state index contributed by atoms with van der Waals surface area (Å²) in [7, 11) is -1.21. The summed E-state index contributed by atoms with van der Waals surface area (Å²) in [6, 6.07) is 9.24. The number of hydrogen-bond acceptors (Lipinski definition) is 3. The van der Waals surface area contributed by atoms with Gasteiger partial charge < -0.3 is 5.32 Å². The van der Waals surface area contributed by atoms with Crippen LogP contribution in [0.1, 0.15) is 5.56 Å². The third-order valence-corrected chi connectivity index (χ3v) is 3.49. The number of sulfone groups is 1. The number of benzene rings is 1. The molecule has 1 N–H and O–H groups in total. The molecule has 0 heterocycles. The van der Waals surface area contributed by atoms with Crippen LogP contribution in [-0.4, -0.2) is 27.8 Å². The molecule has 0 aromatic heterocycles. The molecule has 3 nitrogen and oxygen atoms in total. The zero-order chi connectivity index (χ0) is 10.4. The molecule has 0 atom stereocenters. The molecule has 14 heavy (non-hydrogen) atoms. The van der Waals surface area contributed by atoms with Crippen molar-refractivity contribution in [2.75, 3.05) is 19.3 Å². The maximum absolute atomic E-state index is 11.5. The van der Waals surface area contributed by atoms with E-state index in [1.807, 2.05) is 30.3 Å². The third-order valence-electron chi connectivity index (χ3n) is 1.89. The van der Waals surface area contributed by atoms with Gasteiger partial charge >= 0.3 is 0 Å². The van der Waals surface area contributed by atoms with Crippen LogP contribution >= 0.6 is 0 Å². The molecule has 1 rings (SSSR count). The lowest BCUT2D eigenvalue weighted by molar-refractivity contribution is 0.593. The summed E-state index contributed by atoms with van der Waals surface area (Å²) in [5.74, 6) is 0.327. The third kappa shape index (κ3) is 3.89. The number of nitrogens with one attached hydrogen (secondary N) is 1. The second-order valence-electron chi connectivity index (χ2n) is 3.18. The molecule has 78 valence electrons. The molecule has 0 radical (unpaired) electrons. The van der Waals surface area contributed by atoms with Gasteiger partial charge in [-0.05, 0) is 12.6 Å². The SMILES string of the molecule is CNCCS(=O)(=O)Cc1ccccc1. The highest BCUT2D eigenvalue weighted by atomic mass is 32.2. The molecule has 4 heteroatoms. The van der Waals surface area contributed by atoms with E-state index >= 15 is 0 Å². The smallest absolute Gasteiger partial charge is 0.155 e. The van der Waals surface area contributed by atoms with Crippen LogP contribution in [0.25, 0.3) is 0 Å². The minimum absolute atomic E-state index is 0.134. The number of hydrogen-bond donors (Lipinski definition) is 1. The van der Waals surface area contributed by atoms with Gasteiger partial charge in [0.15, 0.2) is 9.84 Å². The van der Waals surface area contributed by atoms with Crippen molar-refractivity contribution in [2.45, 2.75) is 5.75 Å². The van der Waals surface area contributed by atoms with Gasteiger partial charge in [-0.2, -0.15) is 0 Å². The largest absolute Gasteiger partial charge is 0.319 e. The van der Waals surface area contributed by atoms with E-state index in [1.54, 1.807) is 7.05 Å². The standard InChI is InChI=1S/C10H15NO2S/c1-11-7-8-14(12,13)9-10-5-3-2-4-6-10/h2-6,11H,7-9H2,1H3. The van der Waals surface area contributed by atoms with Crippen molar-refractivity contribution >= 4 is 9.84 Å². The number of rotatable bonds is 5. The summed E-state index contributed by atoms with van der Waals surface area (Å²) in [5, 5.41) is 2.83. The molecule has 0 fully saturated rings. The second kappa shape index (κ2) is 5.12. The van der Waals surface area contributed by atoms with Crippen LogP contribution in [0.5, 0.6) is 0 Å². The summed E-state index contributed by atoms with van der Waals surface area (Å²) in [5.41, 5.74) is 0.851. The Morgan fingerprint density at radius 2 is 1.86 bits per heavy atom. The summed E-state index contributed by atoms with van der Waals surface area (Å²) in [6.45, 7) is 0.509. The Bertz CT molecular complexity index is 359. The maximum Gasteiger partial charge on any atom is 0.155 e. The molecular weight excluding hydrogens is 198 g/mol. The lowest BCUT2D eigenvalue weighted by Crippen LogP contribution is -2.20. The second-order valence-corrected chi connectivity index (χ2v) is 5.37. The van der Waals surface area contributed by atoms with Crippen LogP contribution in [-0.2, 0) is 15.6 Å². The normalized spacial score (nSPS) is 11.5. The average Bonchev–Trinajstić information content (AvgIpc) is 2.16. The minimum atomic E-state index is -2.96. The fraction of sp³-hybridized carbons (Fsp3) is 0.400. The van der Waals surface area contributed by atoms with Crippen molar-refractivity contribution in [3.63, 3.8) is 0 Å². The molecule has 0 aliphatic heterocycles. The van der Waals surface area contributed by atoms with Crippen molar-refractivity contribution in [3.05, 3.63) is 35.9 Å². The van der Waals surface area contributed by atoms with E-state index in [-0.39, 0.29) is 11.5 Å². The first-order chi connectivity index (χ1) is 6.64. The Labute approximate surface area is 85.1 Å². The van der Waals surface area contributed by atoms with E-state index < -0.39 is 9.84 Å². The first-order valence-corrected chi connectivity index (χ1v) is 6.35. The summed E-state index contributed by atoms with van der Waals surface area (Å²) in [6.07, 6.45) is 0. The lowest BCUT2D eigenvalue weighted by atomic mass is 10.2. The first-order valence-electron chi connectivity index (χ1n) is 4.53. The fourth-order valence-corrected chi connectivity index (χ4v) is 2.52. The van der Waals surface area contributed by atoms with Crippen LogP contribution in [0.3, 0.4) is 0 Å². The van der Waals surface area contributed by atoms with Crippen molar-refractivity contribution in [1.82, 2.24) is 5.32 Å². The monoisotopic (exact) mass is 213 g/mol. The van der Waals surface area contributed by atoms with Crippen molar-refractivity contribution in [1.29, 1.82) is 0 Å². The molecule has 0 aliphatic rings. The van der Waals surface area contributed by atoms with Gasteiger partial charge in [-0.25, -0.2) is 8.42 Å². The Morgan fingerprint density at radius 1 is 1.21 bits per heavy atom. The zero-order valence-corrected chi connectivity index (χ0v) is 9.05. The van der Waals surface area contributed by atoms with Gasteiger partial charge in [-0.15, -0.1) is 0 Å². The predicted octanol–water partition coefficient (Wildman–Crippen LogP) is 0.821. The van der Waals surface area contributed by atoms with Crippen LogP contribution < -0.4 is 5.32 Å². The fourth-order valence-electron chi connectivity index (χ4n) is 1.16. The molecule has 0 unspecified atom stereocenters. The van der Waals surface area contributed by atoms with E-state index in [2.05, 4.69) is 5.32 Å². The Morgan fingerprint density at radius 3 is 2.43 bits per heavy atom. The Kier molecular flexibility index (Phi) is 4.10. The van der Waals surface area contributed by atoms with Gasteiger partial charge in [-0.1, -0.05) is 30.3 Å². The van der Waals surface area contributed by atoms with E-state index in [4.69, 9.17) is 0 Å². The minimum Gasteiger partial charge on any atom is -0.319 e. The molecule has 0 saturated heterocycles. The molecule has 0 spiro atoms. The van der Waals surface area contributed by atoms with E-state index in [0.717, 1.165) is 5.56 Å². The molecular formula is C10H15NO2S. The van der Waals surface area contributed by atoms with E-state index in [0.29, 0.717) is 6.54 Å². The van der Waals surface area contributed by atoms with Crippen LogP contribution in [0, 0.1) is 0 Å². The summed E-state index contributed by atoms with van der Waals surface area (Å²) < 4.78 is 23.0. The van der Waals surface area contributed by atoms with Gasteiger partial charge in [0, 0.05) is 6.54 Å². The molecule has 0 aliphatic carbocycles. The highest BCUT2D eigenvalue weighted by Crippen LogP contribution is 2.05. The van der Waals surface area contributed by atoms with Gasteiger partial charge in [0.2, 0.25) is 0 Å². The highest BCUT2D eigenvalue weighted by Gasteiger charge is 2.10. The lowest BCUT2D eigenvalue weighted by Gasteiger charge is -2.03. The maximum atomic E-state index is 11.5. The van der Waals surface area contributed by atoms with Gasteiger partial charge in [0.25, 0.3) is 0 Å². The molecule has 1 aromatic rings. The molecule has 0 amide bonds. The quantitative estimate of drug-likeness (QED) is 0.787. The summed E-state index contributed by atoms with van der Waals surface area (Å²) in [4.78, 5) is 0. The highest BCUT2D eigenvalue weighted by molar-refractivity contribution is 7.90. The average molecular weight is 213 g/mol. The van der Waals surface area contributed by atoms with Crippen molar-refractivity contribution < 1.29 is 8.42 Å². The zero-order valence-electron chi connectivity index (χ0n) is 8.23. The van der Waals surface area contributed by atoms with Crippen LogP contribution in [0.4, 0.5) is 0 Å². The predicted molar refractivity (Wildman–Crippen MR) is 57.9 cm³/mol. The molecule has 1 aromatic carbocycles. The van der Waals surface area contributed by atoms with Gasteiger partial charge in [0.1, 0.15) is 0 Å². The van der Waals surface area contributed by atoms with Crippen molar-refractivity contribution in [3.8, 4) is 0 Å². The molecule has 0 saturated carbocycles. The first kappa shape index (κ1) is 11.2. The molecule has 0 bridgehead atoms. The topological polar surface area (TPSA) is 46.2 Å². The van der Waals surface area contributed by atoms with Crippen molar-refractivity contribution in [2.24, 2.45) is 0 Å². The van der Waals surface area contributed by atoms with Crippen LogP contribution in [0.2, 0.25) is 0 Å². The van der Waals surface area contributed by atoms with Crippen LogP contribution in [0.15, 0.2) is 30.3 Å². The van der Waals surface area contributed by atoms with E-state index in [9.17, 15) is 8.42 Å². The Balaban J connectivity index is 2.60. The van der Waals surface area contributed by atoms with Gasteiger partial charge in [-0.3, -0.25) is 0 Å². The van der Waals surface area contributed by atoms with E-state index in [1.165, 1.54) is 0 Å². The summed E-state index contributed by atoms with van der Waals surface area (Å²) >= 11 is 0.